The number of carboxylic acids is 1. The van der Waals surface area contributed by atoms with E-state index in [0.717, 1.165) is 23.8 Å². The lowest BCUT2D eigenvalue weighted by Gasteiger charge is -2.49. The minimum atomic E-state index is -4.02. The quantitative estimate of drug-likeness (QED) is 0.331. The van der Waals surface area contributed by atoms with E-state index >= 15 is 0 Å². The zero-order valence-electron chi connectivity index (χ0n) is 23.3. The van der Waals surface area contributed by atoms with Crippen LogP contribution in [-0.2, 0) is 26.0 Å². The number of piperidine rings is 2. The Kier molecular flexibility index (Phi) is 8.61. The topological polar surface area (TPSA) is 133 Å². The SMILES string of the molecule is Cc1ccc(S(=O)(=O)N2C3CCC(CC3)C2C(=O)NC(Cc2ccc(NC(=O)c3c(F)cccc3F)cc2)C(=O)O)cc1. The molecule has 3 aromatic rings. The molecule has 2 amide bonds. The van der Waals surface area contributed by atoms with E-state index in [2.05, 4.69) is 10.6 Å². The third-order valence-electron chi connectivity index (χ3n) is 8.14. The van der Waals surface area contributed by atoms with Gasteiger partial charge < -0.3 is 15.7 Å². The van der Waals surface area contributed by atoms with Crippen molar-refractivity contribution in [1.29, 1.82) is 0 Å². The van der Waals surface area contributed by atoms with Gasteiger partial charge in [0.2, 0.25) is 15.9 Å². The van der Waals surface area contributed by atoms with Crippen molar-refractivity contribution in [2.45, 2.75) is 62.0 Å². The number of anilines is 1. The maximum Gasteiger partial charge on any atom is 0.326 e. The molecule has 9 nitrogen and oxygen atoms in total. The van der Waals surface area contributed by atoms with Crippen molar-refractivity contribution in [3.05, 3.63) is 95.1 Å². The van der Waals surface area contributed by atoms with E-state index in [1.165, 1.54) is 40.7 Å². The largest absolute Gasteiger partial charge is 0.480 e. The second kappa shape index (κ2) is 12.2. The van der Waals surface area contributed by atoms with Gasteiger partial charge >= 0.3 is 5.97 Å². The highest BCUT2D eigenvalue weighted by Crippen LogP contribution is 2.42. The van der Waals surface area contributed by atoms with Gasteiger partial charge in [-0.2, -0.15) is 4.31 Å². The van der Waals surface area contributed by atoms with E-state index in [-0.39, 0.29) is 29.0 Å². The summed E-state index contributed by atoms with van der Waals surface area (Å²) in [6.45, 7) is 1.85. The monoisotopic (exact) mass is 611 g/mol. The number of hydrogen-bond acceptors (Lipinski definition) is 5. The van der Waals surface area contributed by atoms with Crippen molar-refractivity contribution >= 4 is 33.5 Å². The molecular formula is C31H31F2N3O6S. The number of nitrogens with one attached hydrogen (secondary N) is 2. The van der Waals surface area contributed by atoms with Crippen LogP contribution in [0.4, 0.5) is 14.5 Å². The summed E-state index contributed by atoms with van der Waals surface area (Å²) in [6.07, 6.45) is 2.49. The van der Waals surface area contributed by atoms with E-state index in [9.17, 15) is 36.7 Å². The number of halogens is 2. The lowest BCUT2D eigenvalue weighted by molar-refractivity contribution is -0.143. The molecule has 226 valence electrons. The average molecular weight is 612 g/mol. The summed E-state index contributed by atoms with van der Waals surface area (Å²) in [5.41, 5.74) is 0.891. The molecular weight excluding hydrogens is 580 g/mol. The van der Waals surface area contributed by atoms with Crippen molar-refractivity contribution < 1.29 is 36.7 Å². The molecule has 2 saturated heterocycles. The standard InChI is InChI=1S/C31H31F2N3O6S/c1-18-5-15-23(16-6-18)43(41,42)36-22-13-9-20(10-14-22)28(36)30(38)35-26(31(39)40)17-19-7-11-21(12-8-19)34-29(37)27-24(32)3-2-4-25(27)33/h2-8,11-12,15-16,20,22,26,28H,9-10,13-14,17H2,1H3,(H,34,37)(H,35,38)(H,39,40). The predicted octanol–water partition coefficient (Wildman–Crippen LogP) is 4.27. The Bertz CT molecular complexity index is 1620. The van der Waals surface area contributed by atoms with Crippen molar-refractivity contribution in [1.82, 2.24) is 9.62 Å². The molecule has 0 radical (unpaired) electrons. The number of aliphatic carboxylic acids is 1. The number of carbonyl (C=O) groups is 3. The van der Waals surface area contributed by atoms with Gasteiger partial charge in [0.1, 0.15) is 29.3 Å². The van der Waals surface area contributed by atoms with Crippen LogP contribution in [0.25, 0.3) is 0 Å². The number of aryl methyl sites for hydroxylation is 1. The fourth-order valence-electron chi connectivity index (χ4n) is 5.94. The van der Waals surface area contributed by atoms with Crippen molar-refractivity contribution in [3.8, 4) is 0 Å². The molecule has 6 rings (SSSR count). The van der Waals surface area contributed by atoms with Gasteiger partial charge in [-0.1, -0.05) is 35.9 Å². The molecule has 2 unspecified atom stereocenters. The number of nitrogens with zero attached hydrogens (tertiary/aromatic N) is 1. The third kappa shape index (κ3) is 6.30. The number of fused-ring (bicyclic) bond motifs is 3. The molecule has 1 aliphatic carbocycles. The number of carbonyl (C=O) groups excluding carboxylic acids is 2. The summed E-state index contributed by atoms with van der Waals surface area (Å²) in [5, 5.41) is 14.9. The maximum absolute atomic E-state index is 13.9. The number of rotatable bonds is 9. The zero-order valence-corrected chi connectivity index (χ0v) is 24.1. The molecule has 43 heavy (non-hydrogen) atoms. The predicted molar refractivity (Wildman–Crippen MR) is 154 cm³/mol. The number of sulfonamides is 1. The Morgan fingerprint density at radius 2 is 1.53 bits per heavy atom. The van der Waals surface area contributed by atoms with Crippen LogP contribution in [0.15, 0.2) is 71.6 Å². The molecule has 3 aliphatic rings. The van der Waals surface area contributed by atoms with Gasteiger partial charge in [0.05, 0.1) is 4.90 Å². The van der Waals surface area contributed by atoms with Gasteiger partial charge in [-0.15, -0.1) is 0 Å². The zero-order chi connectivity index (χ0) is 30.9. The molecule has 2 bridgehead atoms. The van der Waals surface area contributed by atoms with E-state index in [1.807, 2.05) is 6.92 Å². The number of carboxylic acid groups (broad SMARTS) is 1. The number of amides is 2. The Hall–Kier alpha value is -4.16. The first-order chi connectivity index (χ1) is 20.5. The minimum Gasteiger partial charge on any atom is -0.480 e. The third-order valence-corrected chi connectivity index (χ3v) is 10.1. The molecule has 3 fully saturated rings. The molecule has 1 saturated carbocycles. The van der Waals surface area contributed by atoms with Gasteiger partial charge in [0.25, 0.3) is 5.91 Å². The van der Waals surface area contributed by atoms with Gasteiger partial charge in [-0.25, -0.2) is 22.0 Å². The Morgan fingerprint density at radius 1 is 0.930 bits per heavy atom. The van der Waals surface area contributed by atoms with Crippen LogP contribution >= 0.6 is 0 Å². The van der Waals surface area contributed by atoms with E-state index in [4.69, 9.17) is 0 Å². The Balaban J connectivity index is 1.30. The molecule has 0 aromatic heterocycles. The molecule has 12 heteroatoms. The van der Waals surface area contributed by atoms with Crippen LogP contribution in [0.1, 0.15) is 47.2 Å². The fraction of sp³-hybridized carbons (Fsp3) is 0.323. The first-order valence-corrected chi connectivity index (χ1v) is 15.4. The molecule has 2 aliphatic heterocycles. The average Bonchev–Trinajstić information content (AvgIpc) is 2.98. The molecule has 2 heterocycles. The highest BCUT2D eigenvalue weighted by molar-refractivity contribution is 7.89. The smallest absolute Gasteiger partial charge is 0.326 e. The number of benzene rings is 3. The minimum absolute atomic E-state index is 0.0863. The summed E-state index contributed by atoms with van der Waals surface area (Å²) in [7, 11) is -4.02. The van der Waals surface area contributed by atoms with Crippen molar-refractivity contribution in [2.24, 2.45) is 5.92 Å². The summed E-state index contributed by atoms with van der Waals surface area (Å²) in [4.78, 5) is 38.2. The second-order valence-electron chi connectivity index (χ2n) is 11.0. The molecule has 0 spiro atoms. The highest BCUT2D eigenvalue weighted by Gasteiger charge is 2.51. The van der Waals surface area contributed by atoms with E-state index in [1.54, 1.807) is 12.1 Å². The van der Waals surface area contributed by atoms with E-state index in [0.29, 0.717) is 31.2 Å². The highest BCUT2D eigenvalue weighted by atomic mass is 32.2. The van der Waals surface area contributed by atoms with Crippen LogP contribution in [0.3, 0.4) is 0 Å². The van der Waals surface area contributed by atoms with E-state index < -0.39 is 57.1 Å². The number of hydrogen-bond donors (Lipinski definition) is 3. The van der Waals surface area contributed by atoms with Crippen molar-refractivity contribution in [2.75, 3.05) is 5.32 Å². The summed E-state index contributed by atoms with van der Waals surface area (Å²) in [6, 6.07) is 12.7. The first-order valence-electron chi connectivity index (χ1n) is 13.9. The summed E-state index contributed by atoms with van der Waals surface area (Å²) in [5.74, 6) is -5.19. The van der Waals surface area contributed by atoms with Crippen LogP contribution in [0, 0.1) is 24.5 Å². The summed E-state index contributed by atoms with van der Waals surface area (Å²) < 4.78 is 56.6. The van der Waals surface area contributed by atoms with Crippen LogP contribution in [-0.4, -0.2) is 53.7 Å². The lowest BCUT2D eigenvalue weighted by atomic mass is 9.76. The maximum atomic E-state index is 13.9. The van der Waals surface area contributed by atoms with Gasteiger partial charge in [-0.05, 0) is 80.5 Å². The van der Waals surface area contributed by atoms with Crippen LogP contribution in [0.5, 0.6) is 0 Å². The normalized spacial score (nSPS) is 20.8. The Labute approximate surface area is 248 Å². The van der Waals surface area contributed by atoms with Crippen molar-refractivity contribution in [3.63, 3.8) is 0 Å². The van der Waals surface area contributed by atoms with Crippen LogP contribution in [0.2, 0.25) is 0 Å². The van der Waals surface area contributed by atoms with Gasteiger partial charge in [0.15, 0.2) is 0 Å². The molecule has 3 aromatic carbocycles. The Morgan fingerprint density at radius 3 is 2.12 bits per heavy atom. The fourth-order valence-corrected chi connectivity index (χ4v) is 7.83. The van der Waals surface area contributed by atoms with Crippen LogP contribution < -0.4 is 10.6 Å². The molecule has 2 atom stereocenters. The molecule has 3 N–H and O–H groups in total. The lowest BCUT2D eigenvalue weighted by Crippen LogP contribution is -2.63. The second-order valence-corrected chi connectivity index (χ2v) is 12.9. The van der Waals surface area contributed by atoms with Gasteiger partial charge in [0, 0.05) is 18.2 Å². The van der Waals surface area contributed by atoms with Gasteiger partial charge in [-0.3, -0.25) is 9.59 Å². The first kappa shape index (κ1) is 30.3. The summed E-state index contributed by atoms with van der Waals surface area (Å²) >= 11 is 0.